The number of aryl methyl sites for hydroxylation is 1. The first kappa shape index (κ1) is 21.0. The Hall–Kier alpha value is -1.70. The minimum absolute atomic E-state index is 0.196. The second-order valence-corrected chi connectivity index (χ2v) is 10.1. The van der Waals surface area contributed by atoms with Crippen molar-refractivity contribution in [3.8, 4) is 0 Å². The summed E-state index contributed by atoms with van der Waals surface area (Å²) in [5, 5.41) is 0. The van der Waals surface area contributed by atoms with Crippen molar-refractivity contribution in [2.75, 3.05) is 20.1 Å². The fourth-order valence-corrected chi connectivity index (χ4v) is 5.44. The van der Waals surface area contributed by atoms with Crippen LogP contribution >= 0.6 is 15.9 Å². The summed E-state index contributed by atoms with van der Waals surface area (Å²) >= 11 is 3.40. The van der Waals surface area contributed by atoms with Crippen LogP contribution < -0.4 is 0 Å². The number of nitrogens with zero attached hydrogens (tertiary/aromatic N) is 2. The van der Waals surface area contributed by atoms with Gasteiger partial charge in [0.15, 0.2) is 0 Å². The van der Waals surface area contributed by atoms with Crippen molar-refractivity contribution in [3.63, 3.8) is 0 Å². The number of halogens is 1. The molecule has 0 unspecified atom stereocenters. The van der Waals surface area contributed by atoms with Gasteiger partial charge in [0, 0.05) is 36.7 Å². The molecule has 1 saturated heterocycles. The van der Waals surface area contributed by atoms with E-state index in [-0.39, 0.29) is 10.8 Å². The number of piperidine rings is 1. The molecule has 1 amide bonds. The van der Waals surface area contributed by atoms with Gasteiger partial charge in [-0.3, -0.25) is 4.79 Å². The third kappa shape index (κ3) is 4.64. The van der Waals surface area contributed by atoms with Gasteiger partial charge in [0.2, 0.25) is 10.0 Å². The zero-order valence-electron chi connectivity index (χ0n) is 16.2. The van der Waals surface area contributed by atoms with E-state index in [9.17, 15) is 13.2 Å². The lowest BCUT2D eigenvalue weighted by Crippen LogP contribution is -2.36. The molecule has 7 heteroatoms. The second-order valence-electron chi connectivity index (χ2n) is 7.23. The molecule has 1 fully saturated rings. The highest BCUT2D eigenvalue weighted by molar-refractivity contribution is 9.10. The molecule has 0 atom stereocenters. The second kappa shape index (κ2) is 8.76. The molecule has 5 nitrogen and oxygen atoms in total. The Morgan fingerprint density at radius 2 is 1.71 bits per heavy atom. The Balaban J connectivity index is 1.83. The zero-order valence-corrected chi connectivity index (χ0v) is 18.6. The van der Waals surface area contributed by atoms with Crippen LogP contribution in [0.25, 0.3) is 0 Å². The number of rotatable bonds is 5. The van der Waals surface area contributed by atoms with E-state index in [1.54, 1.807) is 35.3 Å². The van der Waals surface area contributed by atoms with Gasteiger partial charge in [-0.25, -0.2) is 8.42 Å². The van der Waals surface area contributed by atoms with E-state index in [2.05, 4.69) is 15.9 Å². The molecule has 0 aliphatic carbocycles. The number of carbonyl (C=O) groups is 1. The molecule has 3 rings (SSSR count). The summed E-state index contributed by atoms with van der Waals surface area (Å²) in [6.45, 7) is 3.32. The Bertz CT molecular complexity index is 952. The number of benzene rings is 2. The molecule has 0 spiro atoms. The van der Waals surface area contributed by atoms with E-state index in [0.29, 0.717) is 30.8 Å². The molecule has 0 bridgehead atoms. The number of sulfonamides is 1. The number of amides is 1. The van der Waals surface area contributed by atoms with Crippen LogP contribution in [0.4, 0.5) is 0 Å². The fourth-order valence-electron chi connectivity index (χ4n) is 3.41. The predicted molar refractivity (Wildman–Crippen MR) is 114 cm³/mol. The monoisotopic (exact) mass is 464 g/mol. The molecule has 150 valence electrons. The molecular formula is C21H25BrN2O3S. The fraction of sp³-hybridized carbons (Fsp3) is 0.381. The van der Waals surface area contributed by atoms with Gasteiger partial charge in [-0.15, -0.1) is 0 Å². The average molecular weight is 465 g/mol. The molecule has 1 aliphatic rings. The summed E-state index contributed by atoms with van der Waals surface area (Å²) < 4.78 is 28.7. The first-order valence-corrected chi connectivity index (χ1v) is 11.6. The number of hydrogen-bond acceptors (Lipinski definition) is 3. The van der Waals surface area contributed by atoms with Crippen LogP contribution in [-0.2, 0) is 16.6 Å². The van der Waals surface area contributed by atoms with Crippen molar-refractivity contribution in [2.45, 2.75) is 37.6 Å². The van der Waals surface area contributed by atoms with Crippen molar-refractivity contribution in [3.05, 3.63) is 63.6 Å². The summed E-state index contributed by atoms with van der Waals surface area (Å²) in [6.07, 6.45) is 2.82. The predicted octanol–water partition coefficient (Wildman–Crippen LogP) is 4.20. The van der Waals surface area contributed by atoms with Gasteiger partial charge in [0.25, 0.3) is 5.91 Å². The largest absolute Gasteiger partial charge is 0.337 e. The Morgan fingerprint density at radius 3 is 2.36 bits per heavy atom. The summed E-state index contributed by atoms with van der Waals surface area (Å²) in [5.41, 5.74) is 2.06. The van der Waals surface area contributed by atoms with Crippen LogP contribution in [0.2, 0.25) is 0 Å². The van der Waals surface area contributed by atoms with Gasteiger partial charge in [-0.1, -0.05) is 40.5 Å². The van der Waals surface area contributed by atoms with Crippen molar-refractivity contribution in [1.29, 1.82) is 0 Å². The van der Waals surface area contributed by atoms with Crippen molar-refractivity contribution in [1.82, 2.24) is 9.21 Å². The van der Waals surface area contributed by atoms with Gasteiger partial charge < -0.3 is 4.90 Å². The van der Waals surface area contributed by atoms with Gasteiger partial charge >= 0.3 is 0 Å². The molecule has 1 heterocycles. The van der Waals surface area contributed by atoms with Crippen molar-refractivity contribution >= 4 is 31.9 Å². The third-order valence-corrected chi connectivity index (χ3v) is 7.62. The Morgan fingerprint density at radius 1 is 1.07 bits per heavy atom. The van der Waals surface area contributed by atoms with Crippen LogP contribution in [0.1, 0.15) is 40.7 Å². The zero-order chi connectivity index (χ0) is 20.3. The van der Waals surface area contributed by atoms with Crippen LogP contribution in [0, 0.1) is 6.92 Å². The topological polar surface area (TPSA) is 57.7 Å². The van der Waals surface area contributed by atoms with Gasteiger partial charge in [-0.2, -0.15) is 4.31 Å². The first-order chi connectivity index (χ1) is 13.3. The SMILES string of the molecule is Cc1ccc(C(=O)N(C)Cc2ccc(Br)cc2)cc1S(=O)(=O)N1CCCCC1. The molecule has 0 aromatic heterocycles. The Labute approximate surface area is 175 Å². The van der Waals surface area contributed by atoms with Gasteiger partial charge in [-0.05, 0) is 55.2 Å². The first-order valence-electron chi connectivity index (χ1n) is 9.40. The van der Waals surface area contributed by atoms with E-state index >= 15 is 0 Å². The maximum absolute atomic E-state index is 13.1. The smallest absolute Gasteiger partial charge is 0.253 e. The van der Waals surface area contributed by atoms with Crippen LogP contribution in [0.15, 0.2) is 51.8 Å². The Kier molecular flexibility index (Phi) is 6.58. The lowest BCUT2D eigenvalue weighted by atomic mass is 10.1. The highest BCUT2D eigenvalue weighted by Crippen LogP contribution is 2.25. The quantitative estimate of drug-likeness (QED) is 0.665. The third-order valence-electron chi connectivity index (χ3n) is 5.05. The lowest BCUT2D eigenvalue weighted by molar-refractivity contribution is 0.0785. The van der Waals surface area contributed by atoms with E-state index in [1.807, 2.05) is 24.3 Å². The minimum atomic E-state index is -3.58. The van der Waals surface area contributed by atoms with Crippen LogP contribution in [0.5, 0.6) is 0 Å². The van der Waals surface area contributed by atoms with E-state index < -0.39 is 10.0 Å². The minimum Gasteiger partial charge on any atom is -0.337 e. The van der Waals surface area contributed by atoms with Crippen LogP contribution in [0.3, 0.4) is 0 Å². The van der Waals surface area contributed by atoms with E-state index in [4.69, 9.17) is 0 Å². The average Bonchev–Trinajstić information content (AvgIpc) is 2.70. The molecule has 2 aromatic carbocycles. The maximum Gasteiger partial charge on any atom is 0.253 e. The maximum atomic E-state index is 13.1. The molecular weight excluding hydrogens is 440 g/mol. The number of hydrogen-bond donors (Lipinski definition) is 0. The molecule has 28 heavy (non-hydrogen) atoms. The number of carbonyl (C=O) groups excluding carboxylic acids is 1. The van der Waals surface area contributed by atoms with Gasteiger partial charge in [0.1, 0.15) is 0 Å². The van der Waals surface area contributed by atoms with E-state index in [1.165, 1.54) is 6.07 Å². The van der Waals surface area contributed by atoms with Crippen LogP contribution in [-0.4, -0.2) is 43.7 Å². The summed E-state index contributed by atoms with van der Waals surface area (Å²) in [6, 6.07) is 12.7. The van der Waals surface area contributed by atoms with Crippen molar-refractivity contribution < 1.29 is 13.2 Å². The van der Waals surface area contributed by atoms with E-state index in [0.717, 1.165) is 29.3 Å². The molecule has 0 radical (unpaired) electrons. The standard InChI is InChI=1S/C21H25BrN2O3S/c1-16-6-9-18(14-20(16)28(26,27)24-12-4-3-5-13-24)21(25)23(2)15-17-7-10-19(22)11-8-17/h6-11,14H,3-5,12-13,15H2,1-2H3. The van der Waals surface area contributed by atoms with Crippen molar-refractivity contribution in [2.24, 2.45) is 0 Å². The van der Waals surface area contributed by atoms with Gasteiger partial charge in [0.05, 0.1) is 4.90 Å². The summed E-state index contributed by atoms with van der Waals surface area (Å²) in [4.78, 5) is 14.7. The molecule has 0 N–H and O–H groups in total. The summed E-state index contributed by atoms with van der Waals surface area (Å²) in [5.74, 6) is -0.196. The molecule has 1 aliphatic heterocycles. The molecule has 0 saturated carbocycles. The summed E-state index contributed by atoms with van der Waals surface area (Å²) in [7, 11) is -1.86. The molecule has 2 aromatic rings. The lowest BCUT2D eigenvalue weighted by Gasteiger charge is -2.27. The highest BCUT2D eigenvalue weighted by atomic mass is 79.9. The normalized spacial score (nSPS) is 15.4. The highest BCUT2D eigenvalue weighted by Gasteiger charge is 2.28.